The third-order valence-corrected chi connectivity index (χ3v) is 1.69. The summed E-state index contributed by atoms with van der Waals surface area (Å²) in [6.45, 7) is 5.58. The molecule has 1 rings (SSSR count). The highest BCUT2D eigenvalue weighted by Gasteiger charge is 2.16. The van der Waals surface area contributed by atoms with E-state index in [0.29, 0.717) is 0 Å². The van der Waals surface area contributed by atoms with Gasteiger partial charge in [-0.3, -0.25) is 0 Å². The van der Waals surface area contributed by atoms with Crippen LogP contribution in [0.2, 0.25) is 0 Å². The number of hydrogen-bond donors (Lipinski definition) is 0. The van der Waals surface area contributed by atoms with Crippen molar-refractivity contribution in [3.8, 4) is 0 Å². The van der Waals surface area contributed by atoms with Crippen LogP contribution in [-0.4, -0.2) is 16.5 Å². The van der Waals surface area contributed by atoms with Crippen LogP contribution in [0, 0.1) is 5.21 Å². The normalized spacial score (nSPS) is 13.8. The maximum absolute atomic E-state index is 11.4. The smallest absolute Gasteiger partial charge is 0.175 e. The molecule has 0 aromatic carbocycles. The summed E-state index contributed by atoms with van der Waals surface area (Å²) in [5, 5.41) is 11.4. The van der Waals surface area contributed by atoms with Crippen LogP contribution < -0.4 is 0 Å². The van der Waals surface area contributed by atoms with Gasteiger partial charge in [-0.05, 0) is 18.2 Å². The molecule has 0 aliphatic rings. The molecule has 14 heavy (non-hydrogen) atoms. The Morgan fingerprint density at radius 3 is 2.64 bits per heavy atom. The number of allylic oxidation sites excluding steroid dienone is 1. The van der Waals surface area contributed by atoms with Crippen molar-refractivity contribution in [2.24, 2.45) is 0 Å². The zero-order valence-corrected chi connectivity index (χ0v) is 8.73. The first-order chi connectivity index (χ1) is 6.50. The molecule has 1 aromatic heterocycles. The average molecular weight is 193 g/mol. The largest absolute Gasteiger partial charge is 0.623 e. The molecule has 0 aliphatic carbocycles. The van der Waals surface area contributed by atoms with Gasteiger partial charge in [-0.1, -0.05) is 0 Å². The first kappa shape index (κ1) is 10.6. The van der Waals surface area contributed by atoms with E-state index in [-0.39, 0.29) is 0 Å². The van der Waals surface area contributed by atoms with E-state index >= 15 is 0 Å². The molecule has 0 saturated heterocycles. The van der Waals surface area contributed by atoms with Crippen LogP contribution in [0.5, 0.6) is 0 Å². The van der Waals surface area contributed by atoms with Crippen LogP contribution in [0.15, 0.2) is 28.9 Å². The molecule has 0 aliphatic heterocycles. The Bertz CT molecular complexity index is 329. The summed E-state index contributed by atoms with van der Waals surface area (Å²) < 4.78 is 5.98. The predicted molar refractivity (Wildman–Crippen MR) is 57.2 cm³/mol. The summed E-state index contributed by atoms with van der Waals surface area (Å²) >= 11 is 0. The second kappa shape index (κ2) is 4.13. The van der Waals surface area contributed by atoms with Crippen LogP contribution in [0.3, 0.4) is 0 Å². The van der Waals surface area contributed by atoms with Crippen molar-refractivity contribution in [1.82, 2.24) is 0 Å². The van der Waals surface area contributed by atoms with Gasteiger partial charge in [0.25, 0.3) is 0 Å². The molecule has 0 radical (unpaired) electrons. The number of hydrogen-bond acceptors (Lipinski definition) is 2. The van der Waals surface area contributed by atoms with Gasteiger partial charge in [-0.2, -0.15) is 0 Å². The van der Waals surface area contributed by atoms with E-state index in [9.17, 15) is 5.21 Å². The van der Waals surface area contributed by atoms with Gasteiger partial charge in [0.1, 0.15) is 5.76 Å². The van der Waals surface area contributed by atoms with Gasteiger partial charge >= 0.3 is 0 Å². The monoisotopic (exact) mass is 193 g/mol. The van der Waals surface area contributed by atoms with Crippen molar-refractivity contribution in [3.05, 3.63) is 35.4 Å². The molecule has 3 heteroatoms. The van der Waals surface area contributed by atoms with Gasteiger partial charge in [0.15, 0.2) is 11.8 Å². The van der Waals surface area contributed by atoms with Crippen molar-refractivity contribution < 1.29 is 9.16 Å². The molecular weight excluding hydrogens is 178 g/mol. The fourth-order valence-electron chi connectivity index (χ4n) is 0.826. The lowest BCUT2D eigenvalue weighted by molar-refractivity contribution is -0.530. The van der Waals surface area contributed by atoms with Crippen LogP contribution in [0.1, 0.15) is 26.5 Å². The highest BCUT2D eigenvalue weighted by atomic mass is 16.5. The van der Waals surface area contributed by atoms with E-state index < -0.39 is 5.54 Å². The summed E-state index contributed by atoms with van der Waals surface area (Å²) in [5.74, 6) is 0.739. The maximum Gasteiger partial charge on any atom is 0.175 e. The van der Waals surface area contributed by atoms with E-state index in [1.54, 1.807) is 24.5 Å². The van der Waals surface area contributed by atoms with E-state index in [1.165, 1.54) is 6.21 Å². The van der Waals surface area contributed by atoms with E-state index in [1.807, 2.05) is 26.8 Å². The van der Waals surface area contributed by atoms with Crippen molar-refractivity contribution in [2.45, 2.75) is 26.3 Å². The quantitative estimate of drug-likeness (QED) is 0.313. The molecule has 0 bridgehead atoms. The molecule has 0 atom stereocenters. The predicted octanol–water partition coefficient (Wildman–Crippen LogP) is 2.67. The number of hydroxylamine groups is 1. The van der Waals surface area contributed by atoms with Crippen molar-refractivity contribution >= 4 is 12.3 Å². The summed E-state index contributed by atoms with van der Waals surface area (Å²) in [4.78, 5) is 0. The second-order valence-corrected chi connectivity index (χ2v) is 4.02. The summed E-state index contributed by atoms with van der Waals surface area (Å²) in [7, 11) is 0. The number of rotatable bonds is 2. The second-order valence-electron chi connectivity index (χ2n) is 4.02. The van der Waals surface area contributed by atoms with Crippen LogP contribution >= 0.6 is 0 Å². The molecular formula is C11H15NO2. The maximum atomic E-state index is 11.4. The minimum Gasteiger partial charge on any atom is -0.623 e. The fourth-order valence-corrected chi connectivity index (χ4v) is 0.826. The Labute approximate surface area is 83.9 Å². The molecule has 1 aromatic rings. The minimum atomic E-state index is -0.395. The van der Waals surface area contributed by atoms with Gasteiger partial charge in [-0.15, -0.1) is 0 Å². The zero-order chi connectivity index (χ0) is 10.6. The van der Waals surface area contributed by atoms with Crippen LogP contribution in [0.25, 0.3) is 6.08 Å². The summed E-state index contributed by atoms with van der Waals surface area (Å²) in [6.07, 6.45) is 6.51. The third-order valence-electron chi connectivity index (χ3n) is 1.69. The minimum absolute atomic E-state index is 0.395. The van der Waals surface area contributed by atoms with E-state index in [4.69, 9.17) is 4.42 Å². The Morgan fingerprint density at radius 2 is 2.14 bits per heavy atom. The lowest BCUT2D eigenvalue weighted by atomic mass is 10.1. The molecule has 0 saturated carbocycles. The molecule has 0 unspecified atom stereocenters. The fraction of sp³-hybridized carbons (Fsp3) is 0.364. The lowest BCUT2D eigenvalue weighted by Crippen LogP contribution is -2.28. The van der Waals surface area contributed by atoms with E-state index in [0.717, 1.165) is 10.5 Å². The molecule has 1 heterocycles. The highest BCUT2D eigenvalue weighted by Crippen LogP contribution is 2.05. The SMILES string of the molecule is CC(C)(C)/[N+]([O-])=C/C=C/c1ccco1. The Balaban J connectivity index is 2.63. The average Bonchev–Trinajstić information content (AvgIpc) is 2.55. The summed E-state index contributed by atoms with van der Waals surface area (Å²) in [5.41, 5.74) is -0.395. The van der Waals surface area contributed by atoms with Crippen LogP contribution in [0.4, 0.5) is 0 Å². The topological polar surface area (TPSA) is 39.2 Å². The van der Waals surface area contributed by atoms with Gasteiger partial charge < -0.3 is 9.62 Å². The molecule has 0 amide bonds. The van der Waals surface area contributed by atoms with Crippen molar-refractivity contribution in [3.63, 3.8) is 0 Å². The first-order valence-electron chi connectivity index (χ1n) is 4.51. The van der Waals surface area contributed by atoms with Gasteiger partial charge in [0.2, 0.25) is 0 Å². The molecule has 3 nitrogen and oxygen atoms in total. The Hall–Kier alpha value is -1.51. The highest BCUT2D eigenvalue weighted by molar-refractivity contribution is 5.73. The molecule has 0 spiro atoms. The van der Waals surface area contributed by atoms with Gasteiger partial charge in [-0.25, -0.2) is 4.74 Å². The molecule has 76 valence electrons. The Morgan fingerprint density at radius 1 is 1.43 bits per heavy atom. The first-order valence-corrected chi connectivity index (χ1v) is 4.51. The van der Waals surface area contributed by atoms with Gasteiger partial charge in [0, 0.05) is 26.8 Å². The lowest BCUT2D eigenvalue weighted by Gasteiger charge is -2.17. The molecule has 0 fully saturated rings. The van der Waals surface area contributed by atoms with Crippen molar-refractivity contribution in [1.29, 1.82) is 0 Å². The number of nitrogens with zero attached hydrogens (tertiary/aromatic N) is 1. The standard InChI is InChI=1S/C11H15NO2/c1-11(2,3)12(13)8-4-6-10-7-5-9-14-10/h4-9H,1-3H3/b6-4+,12-8-. The third kappa shape index (κ3) is 3.09. The van der Waals surface area contributed by atoms with Gasteiger partial charge in [0.05, 0.1) is 6.26 Å². The summed E-state index contributed by atoms with van der Waals surface area (Å²) in [6, 6.07) is 3.63. The molecule has 0 N–H and O–H groups in total. The number of furan rings is 1. The Kier molecular flexibility index (Phi) is 3.12. The van der Waals surface area contributed by atoms with Crippen LogP contribution in [-0.2, 0) is 0 Å². The van der Waals surface area contributed by atoms with Crippen molar-refractivity contribution in [2.75, 3.05) is 0 Å². The van der Waals surface area contributed by atoms with E-state index in [2.05, 4.69) is 0 Å². The zero-order valence-electron chi connectivity index (χ0n) is 8.73.